The van der Waals surface area contributed by atoms with Crippen LogP contribution >= 0.6 is 11.8 Å². The third kappa shape index (κ3) is 4.57. The molecule has 0 aliphatic carbocycles. The molecule has 0 aromatic heterocycles. The highest BCUT2D eigenvalue weighted by Gasteiger charge is 2.30. The van der Waals surface area contributed by atoms with Crippen LogP contribution in [-0.4, -0.2) is 29.0 Å². The summed E-state index contributed by atoms with van der Waals surface area (Å²) >= 11 is 1.33. The number of esters is 1. The van der Waals surface area contributed by atoms with Gasteiger partial charge in [0.05, 0.1) is 17.4 Å². The molecule has 0 spiro atoms. The predicted octanol–water partition coefficient (Wildman–Crippen LogP) is 3.87. The van der Waals surface area contributed by atoms with E-state index in [4.69, 9.17) is 4.74 Å². The Kier molecular flexibility index (Phi) is 5.96. The monoisotopic (exact) mass is 383 g/mol. The molecule has 3 rings (SSSR count). The second-order valence-electron chi connectivity index (χ2n) is 6.34. The Hall–Kier alpha value is -2.60. The first-order valence-electron chi connectivity index (χ1n) is 8.87. The van der Waals surface area contributed by atoms with Crippen molar-refractivity contribution in [2.45, 2.75) is 42.9 Å². The molecule has 6 heteroatoms. The maximum atomic E-state index is 12.4. The molecule has 0 unspecified atom stereocenters. The van der Waals surface area contributed by atoms with Crippen molar-refractivity contribution in [1.29, 1.82) is 0 Å². The number of carbonyl (C=O) groups excluding carboxylic acids is 3. The molecule has 0 saturated carbocycles. The normalized spacial score (nSPS) is 16.8. The fourth-order valence-electron chi connectivity index (χ4n) is 2.82. The number of aryl methyl sites for hydroxylation is 1. The topological polar surface area (TPSA) is 72.5 Å². The summed E-state index contributed by atoms with van der Waals surface area (Å²) in [6.07, 6.45) is -0.0885. The summed E-state index contributed by atoms with van der Waals surface area (Å²) in [6, 6.07) is 14.7. The molecule has 1 aliphatic rings. The van der Waals surface area contributed by atoms with Gasteiger partial charge < -0.3 is 10.1 Å². The van der Waals surface area contributed by atoms with Gasteiger partial charge in [-0.2, -0.15) is 0 Å². The standard InChI is InChI=1S/C21H21NO4S/c1-3-14-8-10-15(11-9-14)20(24)13(2)26-19(23)12-18-21(25)22-16-6-4-5-7-17(16)27-18/h4-11,13,18H,3,12H2,1-2H3,(H,22,25)/t13-,18+/m0/s1. The first-order chi connectivity index (χ1) is 13.0. The van der Waals surface area contributed by atoms with Gasteiger partial charge >= 0.3 is 5.97 Å². The molecule has 2 aromatic rings. The van der Waals surface area contributed by atoms with E-state index in [1.807, 2.05) is 43.3 Å². The molecule has 1 heterocycles. The molecular formula is C21H21NO4S. The minimum absolute atomic E-state index is 0.0861. The zero-order chi connectivity index (χ0) is 19.4. The van der Waals surface area contributed by atoms with Crippen LogP contribution in [0.2, 0.25) is 0 Å². The highest BCUT2D eigenvalue weighted by molar-refractivity contribution is 8.01. The lowest BCUT2D eigenvalue weighted by atomic mass is 10.0. The van der Waals surface area contributed by atoms with Gasteiger partial charge in [0.15, 0.2) is 6.10 Å². The van der Waals surface area contributed by atoms with Crippen LogP contribution in [0.1, 0.15) is 36.2 Å². The van der Waals surface area contributed by atoms with Crippen LogP contribution in [0.15, 0.2) is 53.4 Å². The van der Waals surface area contributed by atoms with Gasteiger partial charge in [-0.15, -0.1) is 11.8 Å². The lowest BCUT2D eigenvalue weighted by Crippen LogP contribution is -2.33. The number of ether oxygens (including phenoxy) is 1. The minimum Gasteiger partial charge on any atom is -0.454 e. The maximum absolute atomic E-state index is 12.4. The van der Waals surface area contributed by atoms with Crippen LogP contribution < -0.4 is 5.32 Å². The van der Waals surface area contributed by atoms with Crippen molar-refractivity contribution in [3.63, 3.8) is 0 Å². The molecule has 0 fully saturated rings. The van der Waals surface area contributed by atoms with Crippen molar-refractivity contribution in [2.24, 2.45) is 0 Å². The summed E-state index contributed by atoms with van der Waals surface area (Å²) in [6.45, 7) is 3.59. The second-order valence-corrected chi connectivity index (χ2v) is 7.59. The fraction of sp³-hybridized carbons (Fsp3) is 0.286. The number of benzene rings is 2. The highest BCUT2D eigenvalue weighted by Crippen LogP contribution is 2.36. The number of thioether (sulfide) groups is 1. The van der Waals surface area contributed by atoms with E-state index in [1.54, 1.807) is 19.1 Å². The number of Topliss-reactive ketones (excluding diaryl/α,β-unsaturated/α-hetero) is 1. The van der Waals surface area contributed by atoms with Crippen LogP contribution in [0.4, 0.5) is 5.69 Å². The summed E-state index contributed by atoms with van der Waals surface area (Å²) in [5.74, 6) is -1.05. The molecule has 140 valence electrons. The average Bonchev–Trinajstić information content (AvgIpc) is 2.68. The summed E-state index contributed by atoms with van der Waals surface area (Å²) < 4.78 is 5.28. The molecule has 0 radical (unpaired) electrons. The number of anilines is 1. The van der Waals surface area contributed by atoms with Gasteiger partial charge in [0.1, 0.15) is 0 Å². The van der Waals surface area contributed by atoms with Crippen molar-refractivity contribution in [3.05, 3.63) is 59.7 Å². The Morgan fingerprint density at radius 3 is 2.56 bits per heavy atom. The number of para-hydroxylation sites is 1. The van der Waals surface area contributed by atoms with Gasteiger partial charge in [-0.3, -0.25) is 14.4 Å². The molecule has 1 aliphatic heterocycles. The Balaban J connectivity index is 1.58. The van der Waals surface area contributed by atoms with Gasteiger partial charge in [0, 0.05) is 10.5 Å². The molecular weight excluding hydrogens is 362 g/mol. The summed E-state index contributed by atoms with van der Waals surface area (Å²) in [5.41, 5.74) is 2.39. The average molecular weight is 383 g/mol. The molecule has 0 saturated heterocycles. The molecule has 0 bridgehead atoms. The minimum atomic E-state index is -0.895. The van der Waals surface area contributed by atoms with E-state index >= 15 is 0 Å². The van der Waals surface area contributed by atoms with Crippen molar-refractivity contribution >= 4 is 35.1 Å². The Morgan fingerprint density at radius 1 is 1.15 bits per heavy atom. The number of amides is 1. The number of ketones is 1. The van der Waals surface area contributed by atoms with E-state index in [0.29, 0.717) is 5.56 Å². The van der Waals surface area contributed by atoms with Crippen LogP contribution in [0.5, 0.6) is 0 Å². The number of nitrogens with one attached hydrogen (secondary N) is 1. The quantitative estimate of drug-likeness (QED) is 0.606. The molecule has 27 heavy (non-hydrogen) atoms. The largest absolute Gasteiger partial charge is 0.454 e. The summed E-state index contributed by atoms with van der Waals surface area (Å²) in [4.78, 5) is 37.8. The molecule has 2 atom stereocenters. The molecule has 1 N–H and O–H groups in total. The Labute approximate surface area is 162 Å². The van der Waals surface area contributed by atoms with Crippen LogP contribution in [-0.2, 0) is 20.7 Å². The van der Waals surface area contributed by atoms with Crippen molar-refractivity contribution in [3.8, 4) is 0 Å². The smallest absolute Gasteiger partial charge is 0.308 e. The van der Waals surface area contributed by atoms with Gasteiger partial charge in [0.25, 0.3) is 0 Å². The first kappa shape index (κ1) is 19.2. The molecule has 2 aromatic carbocycles. The number of fused-ring (bicyclic) bond motifs is 1. The molecule has 1 amide bonds. The SMILES string of the molecule is CCc1ccc(C(=O)[C@H](C)OC(=O)C[C@H]2Sc3ccccc3NC2=O)cc1. The molecule has 5 nitrogen and oxygen atoms in total. The Morgan fingerprint density at radius 2 is 1.85 bits per heavy atom. The van der Waals surface area contributed by atoms with Crippen molar-refractivity contribution in [2.75, 3.05) is 5.32 Å². The third-order valence-electron chi connectivity index (χ3n) is 4.38. The maximum Gasteiger partial charge on any atom is 0.308 e. The number of carbonyl (C=O) groups is 3. The Bertz CT molecular complexity index is 863. The number of hydrogen-bond acceptors (Lipinski definition) is 5. The predicted molar refractivity (Wildman–Crippen MR) is 105 cm³/mol. The number of hydrogen-bond donors (Lipinski definition) is 1. The van der Waals surface area contributed by atoms with Crippen molar-refractivity contribution < 1.29 is 19.1 Å². The number of rotatable bonds is 6. The summed E-state index contributed by atoms with van der Waals surface area (Å²) in [5, 5.41) is 2.22. The zero-order valence-electron chi connectivity index (χ0n) is 15.2. The van der Waals surface area contributed by atoms with Gasteiger partial charge in [-0.25, -0.2) is 0 Å². The van der Waals surface area contributed by atoms with Gasteiger partial charge in [-0.1, -0.05) is 43.3 Å². The van der Waals surface area contributed by atoms with E-state index in [1.165, 1.54) is 11.8 Å². The zero-order valence-corrected chi connectivity index (χ0v) is 16.0. The lowest BCUT2D eigenvalue weighted by Gasteiger charge is -2.23. The van der Waals surface area contributed by atoms with E-state index in [9.17, 15) is 14.4 Å². The van der Waals surface area contributed by atoms with Gasteiger partial charge in [0.2, 0.25) is 11.7 Å². The third-order valence-corrected chi connectivity index (χ3v) is 5.66. The second kappa shape index (κ2) is 8.39. The highest BCUT2D eigenvalue weighted by atomic mass is 32.2. The van der Waals surface area contributed by atoms with Crippen LogP contribution in [0.3, 0.4) is 0 Å². The summed E-state index contributed by atoms with van der Waals surface area (Å²) in [7, 11) is 0. The van der Waals surface area contributed by atoms with E-state index in [-0.39, 0.29) is 18.1 Å². The van der Waals surface area contributed by atoms with Gasteiger partial charge in [-0.05, 0) is 31.0 Å². The van der Waals surface area contributed by atoms with E-state index in [2.05, 4.69) is 5.32 Å². The fourth-order valence-corrected chi connectivity index (χ4v) is 3.91. The lowest BCUT2D eigenvalue weighted by molar-refractivity contribution is -0.147. The van der Waals surface area contributed by atoms with E-state index < -0.39 is 17.3 Å². The van der Waals surface area contributed by atoms with Crippen LogP contribution in [0, 0.1) is 0 Å². The van der Waals surface area contributed by atoms with Crippen molar-refractivity contribution in [1.82, 2.24) is 0 Å². The van der Waals surface area contributed by atoms with Crippen LogP contribution in [0.25, 0.3) is 0 Å². The first-order valence-corrected chi connectivity index (χ1v) is 9.75. The van der Waals surface area contributed by atoms with E-state index in [0.717, 1.165) is 22.6 Å².